The number of hydrogen-bond acceptors (Lipinski definition) is 2. The van der Waals surface area contributed by atoms with E-state index in [1.807, 2.05) is 0 Å². The average Bonchev–Trinajstić information content (AvgIpc) is 2.41. The van der Waals surface area contributed by atoms with Crippen molar-refractivity contribution in [2.24, 2.45) is 0 Å². The Morgan fingerprint density at radius 3 is 2.52 bits per heavy atom. The van der Waals surface area contributed by atoms with E-state index in [2.05, 4.69) is 5.32 Å². The molecule has 0 saturated carbocycles. The molecule has 2 atom stereocenters. The quantitative estimate of drug-likeness (QED) is 0.911. The molecule has 1 fully saturated rings. The van der Waals surface area contributed by atoms with E-state index in [-0.39, 0.29) is 11.6 Å². The van der Waals surface area contributed by atoms with Gasteiger partial charge in [-0.3, -0.25) is 14.5 Å². The number of alkyl halides is 3. The minimum absolute atomic E-state index is 0.0865. The van der Waals surface area contributed by atoms with Gasteiger partial charge in [0.25, 0.3) is 0 Å². The number of piperazine rings is 1. The lowest BCUT2D eigenvalue weighted by atomic mass is 10.0. The van der Waals surface area contributed by atoms with Crippen LogP contribution >= 0.6 is 0 Å². The van der Waals surface area contributed by atoms with Gasteiger partial charge in [0.2, 0.25) is 11.8 Å². The van der Waals surface area contributed by atoms with E-state index >= 15 is 0 Å². The monoisotopic (exact) mass is 300 g/mol. The number of amides is 2. The normalized spacial score (nSPS) is 23.2. The predicted molar refractivity (Wildman–Crippen MR) is 70.6 cm³/mol. The zero-order valence-electron chi connectivity index (χ0n) is 11.6. The van der Waals surface area contributed by atoms with Crippen molar-refractivity contribution in [3.63, 3.8) is 0 Å². The van der Waals surface area contributed by atoms with Crippen molar-refractivity contribution in [1.29, 1.82) is 0 Å². The number of halogens is 3. The second kappa shape index (κ2) is 5.38. The van der Waals surface area contributed by atoms with Gasteiger partial charge in [0, 0.05) is 5.69 Å². The Bertz CT molecular complexity index is 572. The summed E-state index contributed by atoms with van der Waals surface area (Å²) < 4.78 is 38.3. The summed E-state index contributed by atoms with van der Waals surface area (Å²) in [7, 11) is 0. The second-order valence-electron chi connectivity index (χ2n) is 4.91. The van der Waals surface area contributed by atoms with Crippen LogP contribution < -0.4 is 10.2 Å². The summed E-state index contributed by atoms with van der Waals surface area (Å²) in [6, 6.07) is 2.91. The Hall–Kier alpha value is -2.05. The standard InChI is InChI=1S/C14H15F3N2O2/c1-3-11-12(20)18-8(2)13(21)19(11)10-6-4-5-9(7-10)14(15,16)17/h4-8,11H,3H2,1-2H3,(H,18,20). The number of nitrogens with one attached hydrogen (secondary N) is 1. The molecule has 1 aromatic carbocycles. The Morgan fingerprint density at radius 1 is 1.29 bits per heavy atom. The van der Waals surface area contributed by atoms with E-state index in [0.29, 0.717) is 6.42 Å². The molecule has 1 aliphatic heterocycles. The lowest BCUT2D eigenvalue weighted by Gasteiger charge is -2.37. The molecule has 0 radical (unpaired) electrons. The molecule has 0 bridgehead atoms. The topological polar surface area (TPSA) is 49.4 Å². The first-order valence-corrected chi connectivity index (χ1v) is 6.56. The summed E-state index contributed by atoms with van der Waals surface area (Å²) in [5.74, 6) is -0.775. The first kappa shape index (κ1) is 15.3. The lowest BCUT2D eigenvalue weighted by Crippen LogP contribution is -2.62. The maximum atomic E-state index is 12.8. The number of rotatable bonds is 2. The van der Waals surface area contributed by atoms with Crippen LogP contribution in [0.2, 0.25) is 0 Å². The van der Waals surface area contributed by atoms with E-state index in [0.717, 1.165) is 17.0 Å². The molecule has 114 valence electrons. The van der Waals surface area contributed by atoms with Crippen LogP contribution in [0.15, 0.2) is 24.3 Å². The van der Waals surface area contributed by atoms with Gasteiger partial charge >= 0.3 is 6.18 Å². The Labute approximate surface area is 119 Å². The third-order valence-corrected chi connectivity index (χ3v) is 3.42. The Balaban J connectivity index is 2.46. The van der Waals surface area contributed by atoms with Crippen LogP contribution in [0.25, 0.3) is 0 Å². The van der Waals surface area contributed by atoms with Gasteiger partial charge in [-0.1, -0.05) is 13.0 Å². The van der Waals surface area contributed by atoms with Gasteiger partial charge in [0.05, 0.1) is 5.56 Å². The van der Waals surface area contributed by atoms with Gasteiger partial charge in [0.1, 0.15) is 12.1 Å². The molecule has 0 spiro atoms. The van der Waals surface area contributed by atoms with Gasteiger partial charge in [-0.25, -0.2) is 0 Å². The first-order valence-electron chi connectivity index (χ1n) is 6.56. The predicted octanol–water partition coefficient (Wildman–Crippen LogP) is 2.34. The molecule has 0 aromatic heterocycles. The van der Waals surface area contributed by atoms with Crippen LogP contribution in [0.3, 0.4) is 0 Å². The van der Waals surface area contributed by atoms with Crippen molar-refractivity contribution in [3.8, 4) is 0 Å². The van der Waals surface area contributed by atoms with Gasteiger partial charge < -0.3 is 5.32 Å². The smallest absolute Gasteiger partial charge is 0.343 e. The van der Waals surface area contributed by atoms with Crippen LogP contribution in [0.4, 0.5) is 18.9 Å². The molecule has 1 N–H and O–H groups in total. The third kappa shape index (κ3) is 2.86. The van der Waals surface area contributed by atoms with Crippen molar-refractivity contribution < 1.29 is 22.8 Å². The molecule has 0 aliphatic carbocycles. The molecule has 4 nitrogen and oxygen atoms in total. The van der Waals surface area contributed by atoms with E-state index in [4.69, 9.17) is 0 Å². The zero-order valence-corrected chi connectivity index (χ0v) is 11.6. The van der Waals surface area contributed by atoms with E-state index in [1.54, 1.807) is 6.92 Å². The van der Waals surface area contributed by atoms with Crippen molar-refractivity contribution in [2.75, 3.05) is 4.90 Å². The first-order chi connectivity index (χ1) is 9.75. The lowest BCUT2D eigenvalue weighted by molar-refractivity contribution is -0.137. The molecule has 7 heteroatoms. The highest BCUT2D eigenvalue weighted by Crippen LogP contribution is 2.33. The Kier molecular flexibility index (Phi) is 3.93. The zero-order chi connectivity index (χ0) is 15.8. The number of benzene rings is 1. The molecule has 21 heavy (non-hydrogen) atoms. The van der Waals surface area contributed by atoms with Crippen LogP contribution in [-0.2, 0) is 15.8 Å². The van der Waals surface area contributed by atoms with Gasteiger partial charge in [-0.2, -0.15) is 13.2 Å². The highest BCUT2D eigenvalue weighted by Gasteiger charge is 2.39. The van der Waals surface area contributed by atoms with Gasteiger partial charge in [-0.05, 0) is 31.5 Å². The van der Waals surface area contributed by atoms with Gasteiger partial charge in [0.15, 0.2) is 0 Å². The summed E-state index contributed by atoms with van der Waals surface area (Å²) in [5.41, 5.74) is -0.760. The summed E-state index contributed by atoms with van der Waals surface area (Å²) in [6.07, 6.45) is -4.18. The molecule has 2 rings (SSSR count). The number of hydrogen-bond donors (Lipinski definition) is 1. The van der Waals surface area contributed by atoms with E-state index in [9.17, 15) is 22.8 Å². The van der Waals surface area contributed by atoms with Gasteiger partial charge in [-0.15, -0.1) is 0 Å². The molecule has 1 saturated heterocycles. The van der Waals surface area contributed by atoms with Crippen molar-refractivity contribution in [1.82, 2.24) is 5.32 Å². The number of nitrogens with zero attached hydrogens (tertiary/aromatic N) is 1. The summed E-state index contributed by atoms with van der Waals surface area (Å²) in [5, 5.41) is 2.52. The summed E-state index contributed by atoms with van der Waals surface area (Å²) in [4.78, 5) is 25.3. The minimum atomic E-state index is -4.50. The maximum absolute atomic E-state index is 12.8. The second-order valence-corrected chi connectivity index (χ2v) is 4.91. The third-order valence-electron chi connectivity index (χ3n) is 3.42. The highest BCUT2D eigenvalue weighted by molar-refractivity contribution is 6.08. The summed E-state index contributed by atoms with van der Waals surface area (Å²) >= 11 is 0. The SMILES string of the molecule is CCC1C(=O)NC(C)C(=O)N1c1cccc(C(F)(F)F)c1. The van der Waals surface area contributed by atoms with Crippen molar-refractivity contribution in [2.45, 2.75) is 38.5 Å². The average molecular weight is 300 g/mol. The molecule has 2 unspecified atom stereocenters. The van der Waals surface area contributed by atoms with E-state index in [1.165, 1.54) is 19.1 Å². The minimum Gasteiger partial charge on any atom is -0.343 e. The molecular formula is C14H15F3N2O2. The number of carbonyl (C=O) groups is 2. The van der Waals surface area contributed by atoms with E-state index < -0.39 is 29.7 Å². The molecule has 1 aliphatic rings. The van der Waals surface area contributed by atoms with Crippen LogP contribution in [0.5, 0.6) is 0 Å². The van der Waals surface area contributed by atoms with Crippen molar-refractivity contribution >= 4 is 17.5 Å². The molecule has 1 aromatic rings. The van der Waals surface area contributed by atoms with Crippen LogP contribution in [0.1, 0.15) is 25.8 Å². The molecule has 1 heterocycles. The van der Waals surface area contributed by atoms with Crippen LogP contribution in [0, 0.1) is 0 Å². The molecule has 2 amide bonds. The van der Waals surface area contributed by atoms with Crippen LogP contribution in [-0.4, -0.2) is 23.9 Å². The highest BCUT2D eigenvalue weighted by atomic mass is 19.4. The Morgan fingerprint density at radius 2 is 1.95 bits per heavy atom. The fourth-order valence-electron chi connectivity index (χ4n) is 2.36. The molecular weight excluding hydrogens is 285 g/mol. The summed E-state index contributed by atoms with van der Waals surface area (Å²) in [6.45, 7) is 3.21. The number of anilines is 1. The number of carbonyl (C=O) groups excluding carboxylic acids is 2. The maximum Gasteiger partial charge on any atom is 0.416 e. The fourth-order valence-corrected chi connectivity index (χ4v) is 2.36. The fraction of sp³-hybridized carbons (Fsp3) is 0.429. The van der Waals surface area contributed by atoms with Crippen molar-refractivity contribution in [3.05, 3.63) is 29.8 Å². The largest absolute Gasteiger partial charge is 0.416 e.